The number of hydrogen-bond donors (Lipinski definition) is 4. The average molecular weight is 673 g/mol. The van der Waals surface area contributed by atoms with Gasteiger partial charge >= 0.3 is 5.97 Å². The lowest BCUT2D eigenvalue weighted by Gasteiger charge is -2.29. The smallest absolute Gasteiger partial charge is 0.335 e. The highest BCUT2D eigenvalue weighted by Gasteiger charge is 2.31. The summed E-state index contributed by atoms with van der Waals surface area (Å²) < 4.78 is 17.4. The Morgan fingerprint density at radius 3 is 2.15 bits per heavy atom. The number of carboxylic acids is 1. The first kappa shape index (κ1) is 37.7. The highest BCUT2D eigenvalue weighted by molar-refractivity contribution is 6.12. The van der Waals surface area contributed by atoms with Crippen LogP contribution in [0.25, 0.3) is 0 Å². The third-order valence-corrected chi connectivity index (χ3v) is 8.22. The van der Waals surface area contributed by atoms with Gasteiger partial charge in [-0.15, -0.1) is 0 Å². The maximum Gasteiger partial charge on any atom is 0.335 e. The number of amides is 5. The molecule has 5 amide bonds. The van der Waals surface area contributed by atoms with Crippen LogP contribution in [0.3, 0.4) is 0 Å². The Kier molecular flexibility index (Phi) is 15.0. The molecule has 260 valence electrons. The van der Waals surface area contributed by atoms with Gasteiger partial charge in [-0.2, -0.15) is 0 Å². The summed E-state index contributed by atoms with van der Waals surface area (Å²) >= 11 is 0. The summed E-state index contributed by atoms with van der Waals surface area (Å²) in [7, 11) is 0. The van der Waals surface area contributed by atoms with E-state index in [9.17, 15) is 42.7 Å². The Bertz CT molecular complexity index is 1360. The van der Waals surface area contributed by atoms with Crippen molar-refractivity contribution in [1.82, 2.24) is 20.9 Å². The van der Waals surface area contributed by atoms with Gasteiger partial charge in [0.25, 0.3) is 11.8 Å². The monoisotopic (exact) mass is 672 g/mol. The minimum atomic E-state index is -1.72. The largest absolute Gasteiger partial charge is 0.479 e. The highest BCUT2D eigenvalue weighted by Crippen LogP contribution is 2.30. The Morgan fingerprint density at radius 1 is 0.875 bits per heavy atom. The number of carbonyl (C=O) groups excluding carboxylic acids is 7. The third kappa shape index (κ3) is 12.4. The van der Waals surface area contributed by atoms with Gasteiger partial charge in [-0.3, -0.25) is 38.5 Å². The van der Waals surface area contributed by atoms with E-state index in [1.54, 1.807) is 30.3 Å². The van der Waals surface area contributed by atoms with Crippen LogP contribution in [-0.2, 0) is 49.5 Å². The molecule has 2 aliphatic rings. The quantitative estimate of drug-likeness (QED) is 0.113. The van der Waals surface area contributed by atoms with E-state index in [0.29, 0.717) is 32.2 Å². The molecule has 0 aromatic heterocycles. The number of carboxylic acid groups (broad SMARTS) is 1. The molecule has 14 nitrogen and oxygen atoms in total. The van der Waals surface area contributed by atoms with Crippen LogP contribution in [0, 0.1) is 11.8 Å². The maximum atomic E-state index is 13.0. The van der Waals surface area contributed by atoms with Crippen molar-refractivity contribution in [3.05, 3.63) is 48.0 Å². The molecule has 3 rings (SSSR count). The molecular formula is C33H41FN4O10. The zero-order chi connectivity index (χ0) is 35.1. The van der Waals surface area contributed by atoms with Crippen LogP contribution in [0.2, 0.25) is 0 Å². The standard InChI is InChI=1S/C33H41FN4O10/c34-17-27(33(46)47)48-20-36-28(41)13-11-26(40)25(16-21-4-2-1-3-5-21)37-29(42)12-10-24(39)18-35-32(45)23-8-6-22(7-9-23)19-38-30(43)14-15-31(38)44/h1-5,14-15,22-23,25,27H,6-13,16-20H2,(H,35,45)(H,36,41)(H,37,42)(H,46,47)/t22?,23?,25-,27?/m0/s1. The molecule has 2 atom stereocenters. The Morgan fingerprint density at radius 2 is 1.52 bits per heavy atom. The molecule has 1 heterocycles. The molecule has 1 aromatic rings. The zero-order valence-corrected chi connectivity index (χ0v) is 26.5. The average Bonchev–Trinajstić information content (AvgIpc) is 3.39. The lowest BCUT2D eigenvalue weighted by molar-refractivity contribution is -0.153. The van der Waals surface area contributed by atoms with Crippen molar-refractivity contribution in [3.63, 3.8) is 0 Å². The number of nitrogens with one attached hydrogen (secondary N) is 3. The topological polar surface area (TPSA) is 205 Å². The van der Waals surface area contributed by atoms with E-state index in [-0.39, 0.29) is 74.0 Å². The lowest BCUT2D eigenvalue weighted by Crippen LogP contribution is -2.43. The number of carbonyl (C=O) groups is 8. The van der Waals surface area contributed by atoms with E-state index < -0.39 is 49.1 Å². The highest BCUT2D eigenvalue weighted by atomic mass is 19.1. The second kappa shape index (κ2) is 19.1. The molecule has 4 N–H and O–H groups in total. The minimum Gasteiger partial charge on any atom is -0.479 e. The van der Waals surface area contributed by atoms with E-state index in [1.165, 1.54) is 17.1 Å². The van der Waals surface area contributed by atoms with Crippen molar-refractivity contribution in [2.75, 3.05) is 26.5 Å². The van der Waals surface area contributed by atoms with Crippen LogP contribution in [0.5, 0.6) is 0 Å². The number of Topliss-reactive ketones (excluding diaryl/α,β-unsaturated/α-hetero) is 2. The number of nitrogens with zero attached hydrogens (tertiary/aromatic N) is 1. The van der Waals surface area contributed by atoms with E-state index in [4.69, 9.17) is 9.84 Å². The second-order valence-corrected chi connectivity index (χ2v) is 11.8. The summed E-state index contributed by atoms with van der Waals surface area (Å²) in [5, 5.41) is 16.3. The number of aliphatic carboxylic acids is 1. The maximum absolute atomic E-state index is 13.0. The van der Waals surface area contributed by atoms with Gasteiger partial charge in [-0.1, -0.05) is 30.3 Å². The van der Waals surface area contributed by atoms with Gasteiger partial charge in [-0.25, -0.2) is 9.18 Å². The van der Waals surface area contributed by atoms with Crippen LogP contribution in [0.15, 0.2) is 42.5 Å². The number of hydrogen-bond acceptors (Lipinski definition) is 9. The lowest BCUT2D eigenvalue weighted by atomic mass is 9.81. The first-order valence-electron chi connectivity index (χ1n) is 15.8. The van der Waals surface area contributed by atoms with Crippen molar-refractivity contribution in [2.45, 2.75) is 69.9 Å². The number of benzene rings is 1. The molecule has 1 aliphatic carbocycles. The van der Waals surface area contributed by atoms with Gasteiger partial charge in [0.1, 0.15) is 13.4 Å². The van der Waals surface area contributed by atoms with Gasteiger partial charge < -0.3 is 25.8 Å². The molecular weight excluding hydrogens is 631 g/mol. The van der Waals surface area contributed by atoms with Crippen molar-refractivity contribution >= 4 is 47.1 Å². The van der Waals surface area contributed by atoms with Gasteiger partial charge in [0.2, 0.25) is 17.7 Å². The first-order valence-corrected chi connectivity index (χ1v) is 15.8. The van der Waals surface area contributed by atoms with Gasteiger partial charge in [0, 0.05) is 50.3 Å². The van der Waals surface area contributed by atoms with Crippen LogP contribution in [0.1, 0.15) is 56.9 Å². The van der Waals surface area contributed by atoms with Crippen molar-refractivity contribution in [1.29, 1.82) is 0 Å². The predicted octanol–water partition coefficient (Wildman–Crippen LogP) is 0.773. The second-order valence-electron chi connectivity index (χ2n) is 11.8. The van der Waals surface area contributed by atoms with Crippen LogP contribution >= 0.6 is 0 Å². The molecule has 1 aliphatic heterocycles. The first-order chi connectivity index (χ1) is 23.0. The zero-order valence-electron chi connectivity index (χ0n) is 26.5. The Labute approximate surface area is 276 Å². The summed E-state index contributed by atoms with van der Waals surface area (Å²) in [6.45, 7) is -1.77. The molecule has 48 heavy (non-hydrogen) atoms. The molecule has 0 bridgehead atoms. The van der Waals surface area contributed by atoms with Gasteiger partial charge in [0.05, 0.1) is 12.6 Å². The van der Waals surface area contributed by atoms with Gasteiger partial charge in [-0.05, 0) is 43.6 Å². The predicted molar refractivity (Wildman–Crippen MR) is 166 cm³/mol. The summed E-state index contributed by atoms with van der Waals surface area (Å²) in [6, 6.07) is 7.87. The fourth-order valence-corrected chi connectivity index (χ4v) is 5.41. The molecule has 0 saturated heterocycles. The fraction of sp³-hybridized carbons (Fsp3) is 0.515. The van der Waals surface area contributed by atoms with Crippen molar-refractivity contribution in [2.24, 2.45) is 11.8 Å². The summed E-state index contributed by atoms with van der Waals surface area (Å²) in [5.41, 5.74) is 0.753. The Balaban J connectivity index is 1.39. The van der Waals surface area contributed by atoms with Crippen LogP contribution in [0.4, 0.5) is 4.39 Å². The van der Waals surface area contributed by atoms with Crippen molar-refractivity contribution < 1.29 is 52.6 Å². The van der Waals surface area contributed by atoms with E-state index in [1.807, 2.05) is 0 Å². The number of ketones is 2. The molecule has 1 aromatic carbocycles. The van der Waals surface area contributed by atoms with Gasteiger partial charge in [0.15, 0.2) is 17.7 Å². The number of halogens is 1. The molecule has 0 spiro atoms. The van der Waals surface area contributed by atoms with Crippen molar-refractivity contribution in [3.8, 4) is 0 Å². The number of imide groups is 1. The molecule has 1 fully saturated rings. The third-order valence-electron chi connectivity index (χ3n) is 8.22. The van der Waals surface area contributed by atoms with E-state index in [2.05, 4.69) is 16.0 Å². The molecule has 1 unspecified atom stereocenters. The number of rotatable bonds is 20. The van der Waals surface area contributed by atoms with Crippen LogP contribution < -0.4 is 16.0 Å². The normalized spacial score (nSPS) is 18.6. The Hall–Kier alpha value is -4.79. The number of ether oxygens (including phenoxy) is 1. The molecule has 1 saturated carbocycles. The van der Waals surface area contributed by atoms with E-state index >= 15 is 0 Å². The summed E-state index contributed by atoms with van der Waals surface area (Å²) in [4.78, 5) is 98.5. The van der Waals surface area contributed by atoms with Crippen LogP contribution in [-0.4, -0.2) is 95.7 Å². The summed E-state index contributed by atoms with van der Waals surface area (Å²) in [5.74, 6) is -4.64. The molecule has 15 heteroatoms. The van der Waals surface area contributed by atoms with E-state index in [0.717, 1.165) is 5.56 Å². The molecule has 0 radical (unpaired) electrons. The summed E-state index contributed by atoms with van der Waals surface area (Å²) in [6.07, 6.45) is 2.42. The fourth-order valence-electron chi connectivity index (χ4n) is 5.41. The minimum absolute atomic E-state index is 0.109. The SMILES string of the molecule is O=C(CCC(=O)N[C@@H](Cc1ccccc1)C(=O)CCC(=O)NCOC(CF)C(=O)O)CNC(=O)C1CCC(CN2C(=O)C=CC2=O)CC1. The number of alkyl halides is 1.